The van der Waals surface area contributed by atoms with E-state index in [1.165, 1.54) is 13.2 Å². The SMILES string of the molecule is COc1c([N+](=O)[O-])ccc2c1CCCC(=O)N2. The Bertz CT molecular complexity index is 485. The number of nitrogens with zero attached hydrogens (tertiary/aromatic N) is 1. The van der Waals surface area contributed by atoms with Gasteiger partial charge in [0.25, 0.3) is 0 Å². The lowest BCUT2D eigenvalue weighted by Crippen LogP contribution is -2.09. The number of amides is 1. The summed E-state index contributed by atoms with van der Waals surface area (Å²) in [6.45, 7) is 0. The van der Waals surface area contributed by atoms with Crippen LogP contribution >= 0.6 is 0 Å². The number of methoxy groups -OCH3 is 1. The number of ether oxygens (including phenoxy) is 1. The topological polar surface area (TPSA) is 81.5 Å². The van der Waals surface area contributed by atoms with Crippen LogP contribution < -0.4 is 10.1 Å². The molecule has 1 aliphatic rings. The minimum absolute atomic E-state index is 0.0672. The molecule has 1 amide bonds. The molecule has 0 saturated heterocycles. The summed E-state index contributed by atoms with van der Waals surface area (Å²) in [4.78, 5) is 21.8. The second-order valence-corrected chi connectivity index (χ2v) is 3.80. The summed E-state index contributed by atoms with van der Waals surface area (Å²) < 4.78 is 5.10. The van der Waals surface area contributed by atoms with Crippen molar-refractivity contribution in [3.8, 4) is 5.75 Å². The Kier molecular flexibility index (Phi) is 2.95. The predicted molar refractivity (Wildman–Crippen MR) is 61.2 cm³/mol. The molecule has 1 aromatic rings. The Morgan fingerprint density at radius 2 is 2.18 bits per heavy atom. The summed E-state index contributed by atoms with van der Waals surface area (Å²) >= 11 is 0. The van der Waals surface area contributed by atoms with Crippen molar-refractivity contribution in [1.82, 2.24) is 0 Å². The number of hydrogen-bond acceptors (Lipinski definition) is 4. The molecule has 1 aromatic carbocycles. The van der Waals surface area contributed by atoms with Gasteiger partial charge in [-0.25, -0.2) is 0 Å². The molecule has 0 atom stereocenters. The Morgan fingerprint density at radius 1 is 1.41 bits per heavy atom. The van der Waals surface area contributed by atoms with Gasteiger partial charge in [-0.1, -0.05) is 0 Å². The maximum Gasteiger partial charge on any atom is 0.311 e. The van der Waals surface area contributed by atoms with E-state index in [4.69, 9.17) is 4.74 Å². The lowest BCUT2D eigenvalue weighted by Gasteiger charge is -2.11. The largest absolute Gasteiger partial charge is 0.490 e. The van der Waals surface area contributed by atoms with Gasteiger partial charge >= 0.3 is 5.69 Å². The summed E-state index contributed by atoms with van der Waals surface area (Å²) in [5.74, 6) is 0.175. The number of anilines is 1. The zero-order valence-electron chi connectivity index (χ0n) is 9.36. The molecule has 0 unspecified atom stereocenters. The van der Waals surface area contributed by atoms with Crippen LogP contribution in [0, 0.1) is 10.1 Å². The van der Waals surface area contributed by atoms with Gasteiger partial charge in [0.2, 0.25) is 11.7 Å². The molecule has 0 bridgehead atoms. The highest BCUT2D eigenvalue weighted by Gasteiger charge is 2.24. The summed E-state index contributed by atoms with van der Waals surface area (Å²) in [6.07, 6.45) is 1.68. The number of nitrogens with one attached hydrogen (secondary N) is 1. The van der Waals surface area contributed by atoms with Crippen molar-refractivity contribution in [2.45, 2.75) is 19.3 Å². The van der Waals surface area contributed by atoms with E-state index >= 15 is 0 Å². The van der Waals surface area contributed by atoms with Crippen molar-refractivity contribution in [2.24, 2.45) is 0 Å². The first-order valence-electron chi connectivity index (χ1n) is 5.27. The van der Waals surface area contributed by atoms with Crippen molar-refractivity contribution in [3.05, 3.63) is 27.8 Å². The maximum absolute atomic E-state index is 11.4. The quantitative estimate of drug-likeness (QED) is 0.627. The smallest absolute Gasteiger partial charge is 0.311 e. The van der Waals surface area contributed by atoms with Crippen molar-refractivity contribution in [1.29, 1.82) is 0 Å². The van der Waals surface area contributed by atoms with E-state index in [2.05, 4.69) is 5.32 Å². The summed E-state index contributed by atoms with van der Waals surface area (Å²) in [5, 5.41) is 13.6. The third kappa shape index (κ3) is 2.06. The number of nitro groups is 1. The Labute approximate surface area is 97.7 Å². The van der Waals surface area contributed by atoms with Gasteiger partial charge in [0.15, 0.2) is 0 Å². The highest BCUT2D eigenvalue weighted by molar-refractivity contribution is 5.93. The molecule has 0 aliphatic carbocycles. The van der Waals surface area contributed by atoms with Crippen LogP contribution in [0.5, 0.6) is 5.75 Å². The maximum atomic E-state index is 11.4. The summed E-state index contributed by atoms with van der Waals surface area (Å²) in [7, 11) is 1.40. The monoisotopic (exact) mass is 236 g/mol. The van der Waals surface area contributed by atoms with Gasteiger partial charge in [-0.15, -0.1) is 0 Å². The molecule has 90 valence electrons. The van der Waals surface area contributed by atoms with Crippen molar-refractivity contribution < 1.29 is 14.5 Å². The van der Waals surface area contributed by atoms with Gasteiger partial charge < -0.3 is 10.1 Å². The Balaban J connectivity index is 2.56. The molecular weight excluding hydrogens is 224 g/mol. The van der Waals surface area contributed by atoms with Crippen LogP contribution in [-0.4, -0.2) is 17.9 Å². The zero-order valence-corrected chi connectivity index (χ0v) is 9.36. The molecule has 2 rings (SSSR count). The van der Waals surface area contributed by atoms with Crippen LogP contribution in [0.25, 0.3) is 0 Å². The second-order valence-electron chi connectivity index (χ2n) is 3.80. The number of rotatable bonds is 2. The molecule has 0 aromatic heterocycles. The fourth-order valence-corrected chi connectivity index (χ4v) is 1.99. The molecule has 1 aliphatic heterocycles. The van der Waals surface area contributed by atoms with E-state index in [1.807, 2.05) is 0 Å². The fourth-order valence-electron chi connectivity index (χ4n) is 1.99. The minimum atomic E-state index is -0.480. The van der Waals surface area contributed by atoms with Gasteiger partial charge in [-0.3, -0.25) is 14.9 Å². The van der Waals surface area contributed by atoms with Crippen molar-refractivity contribution in [3.63, 3.8) is 0 Å². The Hall–Kier alpha value is -2.11. The van der Waals surface area contributed by atoms with E-state index < -0.39 is 4.92 Å². The third-order valence-electron chi connectivity index (χ3n) is 2.75. The number of carbonyl (C=O) groups excluding carboxylic acids is 1. The predicted octanol–water partition coefficient (Wildman–Crippen LogP) is 1.88. The van der Waals surface area contributed by atoms with Gasteiger partial charge in [-0.2, -0.15) is 0 Å². The van der Waals surface area contributed by atoms with E-state index in [0.29, 0.717) is 30.5 Å². The zero-order chi connectivity index (χ0) is 12.4. The molecule has 6 nitrogen and oxygen atoms in total. The third-order valence-corrected chi connectivity index (χ3v) is 2.75. The second kappa shape index (κ2) is 4.40. The van der Waals surface area contributed by atoms with Crippen LogP contribution in [0.4, 0.5) is 11.4 Å². The number of carbonyl (C=O) groups is 1. The molecule has 1 N–H and O–H groups in total. The Morgan fingerprint density at radius 3 is 2.82 bits per heavy atom. The normalized spacial score (nSPS) is 14.5. The number of hydrogen-bond donors (Lipinski definition) is 1. The van der Waals surface area contributed by atoms with Crippen molar-refractivity contribution in [2.75, 3.05) is 12.4 Å². The fraction of sp³-hybridized carbons (Fsp3) is 0.364. The minimum Gasteiger partial charge on any atom is -0.490 e. The van der Waals surface area contributed by atoms with Crippen LogP contribution in [0.2, 0.25) is 0 Å². The first-order valence-corrected chi connectivity index (χ1v) is 5.27. The average molecular weight is 236 g/mol. The first kappa shape index (κ1) is 11.4. The van der Waals surface area contributed by atoms with Gasteiger partial charge in [0.05, 0.1) is 12.0 Å². The first-order chi connectivity index (χ1) is 8.13. The lowest BCUT2D eigenvalue weighted by atomic mass is 10.1. The molecule has 6 heteroatoms. The molecule has 17 heavy (non-hydrogen) atoms. The molecule has 0 saturated carbocycles. The number of nitro benzene ring substituents is 1. The average Bonchev–Trinajstić information content (AvgIpc) is 2.47. The number of fused-ring (bicyclic) bond motifs is 1. The van der Waals surface area contributed by atoms with E-state index in [0.717, 1.165) is 0 Å². The molecule has 0 spiro atoms. The molecular formula is C11H12N2O4. The van der Waals surface area contributed by atoms with Gasteiger partial charge in [0.1, 0.15) is 0 Å². The molecule has 0 radical (unpaired) electrons. The molecule has 0 fully saturated rings. The van der Waals surface area contributed by atoms with Gasteiger partial charge in [-0.05, 0) is 18.9 Å². The highest BCUT2D eigenvalue weighted by atomic mass is 16.6. The van der Waals surface area contributed by atoms with Gasteiger partial charge in [0, 0.05) is 23.7 Å². The van der Waals surface area contributed by atoms with Crippen LogP contribution in [0.1, 0.15) is 18.4 Å². The lowest BCUT2D eigenvalue weighted by molar-refractivity contribution is -0.385. The van der Waals surface area contributed by atoms with Crippen LogP contribution in [0.3, 0.4) is 0 Å². The molecule has 1 heterocycles. The number of benzene rings is 1. The standard InChI is InChI=1S/C11H12N2O4/c1-17-11-7-3-2-4-10(14)12-8(7)5-6-9(11)13(15)16/h5-6H,2-4H2,1H3,(H,12,14). The summed E-state index contributed by atoms with van der Waals surface area (Å²) in [6, 6.07) is 2.91. The van der Waals surface area contributed by atoms with Crippen LogP contribution in [0.15, 0.2) is 12.1 Å². The van der Waals surface area contributed by atoms with Crippen molar-refractivity contribution >= 4 is 17.3 Å². The van der Waals surface area contributed by atoms with E-state index in [9.17, 15) is 14.9 Å². The van der Waals surface area contributed by atoms with Crippen LogP contribution in [-0.2, 0) is 11.2 Å². The summed E-state index contributed by atoms with van der Waals surface area (Å²) in [5.41, 5.74) is 1.24. The van der Waals surface area contributed by atoms with E-state index in [-0.39, 0.29) is 17.3 Å². The van der Waals surface area contributed by atoms with E-state index in [1.54, 1.807) is 6.07 Å². The highest BCUT2D eigenvalue weighted by Crippen LogP contribution is 2.37.